The van der Waals surface area contributed by atoms with Crippen LogP contribution in [0.4, 0.5) is 34.1 Å². The first kappa shape index (κ1) is 59.1. The van der Waals surface area contributed by atoms with E-state index in [1.807, 2.05) is 12.2 Å². The molecule has 3 aliphatic carbocycles. The Morgan fingerprint density at radius 2 is 0.750 bits per heavy atom. The topological polar surface area (TPSA) is 24.9 Å². The Hall–Kier alpha value is -12.0. The van der Waals surface area contributed by atoms with Gasteiger partial charge in [-0.15, -0.1) is 0 Å². The minimum absolute atomic E-state index is 0.312. The molecule has 0 heterocycles. The first-order valence-corrected chi connectivity index (χ1v) is 33.2. The van der Waals surface area contributed by atoms with Gasteiger partial charge in [0.1, 0.15) is 18.1 Å². The molecule has 0 amide bonds. The van der Waals surface area contributed by atoms with Crippen LogP contribution in [-0.2, 0) is 17.4 Å². The number of hydrogen-bond donors (Lipinski definition) is 0. The first-order valence-electron chi connectivity index (χ1n) is 33.2. The molecule has 4 heteroatoms. The summed E-state index contributed by atoms with van der Waals surface area (Å²) < 4.78 is 12.9. The highest BCUT2D eigenvalue weighted by atomic mass is 16.5. The van der Waals surface area contributed by atoms with E-state index in [1.165, 1.54) is 66.8 Å². The Kier molecular flexibility index (Phi) is 15.7. The molecule has 0 aromatic heterocycles. The van der Waals surface area contributed by atoms with Gasteiger partial charge in [-0.05, 0) is 198 Å². The van der Waals surface area contributed by atoms with Crippen LogP contribution in [0.15, 0.2) is 371 Å². The smallest absolute Gasteiger partial charge is 0.119 e. The second-order valence-electron chi connectivity index (χ2n) is 25.1. The molecule has 460 valence electrons. The third kappa shape index (κ3) is 10.5. The first-order chi connectivity index (χ1) is 47.5. The number of allylic oxidation sites excluding steroid dienone is 4. The van der Waals surface area contributed by atoms with Crippen LogP contribution in [0.2, 0.25) is 0 Å². The van der Waals surface area contributed by atoms with Gasteiger partial charge in [0.2, 0.25) is 0 Å². The van der Waals surface area contributed by atoms with Crippen molar-refractivity contribution < 1.29 is 9.47 Å². The highest BCUT2D eigenvalue weighted by Gasteiger charge is 2.48. The second-order valence-corrected chi connectivity index (χ2v) is 25.1. The van der Waals surface area contributed by atoms with Crippen LogP contribution in [-0.4, -0.2) is 6.61 Å². The van der Waals surface area contributed by atoms with E-state index in [1.54, 1.807) is 0 Å². The van der Waals surface area contributed by atoms with Crippen LogP contribution in [0.1, 0.15) is 62.1 Å². The highest BCUT2D eigenvalue weighted by molar-refractivity contribution is 5.92. The van der Waals surface area contributed by atoms with E-state index >= 15 is 0 Å². The normalized spacial score (nSPS) is 16.2. The fourth-order valence-corrected chi connectivity index (χ4v) is 15.1. The maximum Gasteiger partial charge on any atom is 0.119 e. The van der Waals surface area contributed by atoms with Crippen LogP contribution >= 0.6 is 0 Å². The van der Waals surface area contributed by atoms with Crippen molar-refractivity contribution in [3.8, 4) is 44.9 Å². The molecule has 3 unspecified atom stereocenters. The van der Waals surface area contributed by atoms with Gasteiger partial charge in [0.05, 0.1) is 17.4 Å². The van der Waals surface area contributed by atoms with E-state index in [0.29, 0.717) is 19.1 Å². The molecule has 96 heavy (non-hydrogen) atoms. The number of ether oxygens (including phenoxy) is 2. The Morgan fingerprint density at radius 1 is 0.354 bits per heavy atom. The van der Waals surface area contributed by atoms with Gasteiger partial charge in [-0.1, -0.05) is 274 Å². The third-order valence-corrected chi connectivity index (χ3v) is 19.7. The van der Waals surface area contributed by atoms with Crippen molar-refractivity contribution in [1.29, 1.82) is 0 Å². The van der Waals surface area contributed by atoms with E-state index in [4.69, 9.17) is 9.47 Å². The minimum atomic E-state index is -0.624. The largest absolute Gasteiger partial charge is 0.493 e. The van der Waals surface area contributed by atoms with Crippen molar-refractivity contribution in [3.63, 3.8) is 0 Å². The van der Waals surface area contributed by atoms with Crippen molar-refractivity contribution in [2.24, 2.45) is 5.92 Å². The molecular formula is C92H70N2O2. The lowest BCUT2D eigenvalue weighted by Gasteiger charge is -2.35. The Morgan fingerprint density at radius 3 is 1.19 bits per heavy atom. The number of anilines is 6. The quantitative estimate of drug-likeness (QED) is 0.0806. The zero-order chi connectivity index (χ0) is 64.4. The minimum Gasteiger partial charge on any atom is -0.493 e. The van der Waals surface area contributed by atoms with Crippen molar-refractivity contribution in [3.05, 3.63) is 426 Å². The number of rotatable bonds is 19. The Bertz CT molecular complexity index is 5020. The molecule has 0 bridgehead atoms. The lowest BCUT2D eigenvalue weighted by atomic mass is 9.67. The number of para-hydroxylation sites is 2. The van der Waals surface area contributed by atoms with E-state index < -0.39 is 10.8 Å². The summed E-state index contributed by atoms with van der Waals surface area (Å²) in [4.78, 5) is 4.78. The Labute approximate surface area is 563 Å². The average Bonchev–Trinajstić information content (AvgIpc) is 1.51. The van der Waals surface area contributed by atoms with Crippen LogP contribution < -0.4 is 19.3 Å². The van der Waals surface area contributed by atoms with E-state index in [9.17, 15) is 0 Å². The molecule has 0 radical (unpaired) electrons. The Balaban J connectivity index is 0.733. The van der Waals surface area contributed by atoms with Crippen LogP contribution in [0, 0.1) is 5.92 Å². The van der Waals surface area contributed by atoms with Crippen molar-refractivity contribution >= 4 is 40.2 Å². The van der Waals surface area contributed by atoms with Gasteiger partial charge < -0.3 is 19.3 Å². The molecule has 0 aliphatic heterocycles. The van der Waals surface area contributed by atoms with Crippen LogP contribution in [0.25, 0.3) is 39.5 Å². The monoisotopic (exact) mass is 1230 g/mol. The summed E-state index contributed by atoms with van der Waals surface area (Å²) in [5.41, 5.74) is 25.4. The zero-order valence-electron chi connectivity index (χ0n) is 53.4. The van der Waals surface area contributed by atoms with Gasteiger partial charge in [-0.25, -0.2) is 0 Å². The van der Waals surface area contributed by atoms with Crippen LogP contribution in [0.5, 0.6) is 11.5 Å². The molecule has 13 aromatic rings. The fraction of sp³-hybridized carbons (Fsp3) is 0.0652. The van der Waals surface area contributed by atoms with Gasteiger partial charge in [0, 0.05) is 40.0 Å². The summed E-state index contributed by atoms with van der Waals surface area (Å²) in [6, 6.07) is 120. The van der Waals surface area contributed by atoms with Gasteiger partial charge in [-0.2, -0.15) is 0 Å². The van der Waals surface area contributed by atoms with Gasteiger partial charge >= 0.3 is 0 Å². The lowest BCUT2D eigenvalue weighted by molar-refractivity contribution is 0.275. The second kappa shape index (κ2) is 25.5. The maximum atomic E-state index is 6.49. The predicted octanol–water partition coefficient (Wildman–Crippen LogP) is 23.3. The molecule has 3 aliphatic rings. The van der Waals surface area contributed by atoms with Gasteiger partial charge in [0.25, 0.3) is 0 Å². The lowest BCUT2D eigenvalue weighted by Crippen LogP contribution is -2.28. The predicted molar refractivity (Wildman–Crippen MR) is 398 cm³/mol. The van der Waals surface area contributed by atoms with Crippen LogP contribution in [0.3, 0.4) is 0 Å². The van der Waals surface area contributed by atoms with E-state index in [0.717, 1.165) is 79.9 Å². The summed E-state index contributed by atoms with van der Waals surface area (Å²) in [5.74, 6) is 1.99. The number of benzene rings is 13. The van der Waals surface area contributed by atoms with Crippen molar-refractivity contribution in [2.45, 2.75) is 23.9 Å². The molecule has 0 saturated carbocycles. The van der Waals surface area contributed by atoms with E-state index in [-0.39, 0.29) is 0 Å². The SMILES string of the molecule is C=CC1=CCC(COc2ccc(C3(c4ccccc4)c4ccccc4-c4ccc(N(c5ccccc5)c5ccc(-c6ccc(N(c7ccccc7)c7ccc8c(c7)C(c7ccccc7)(c7ccc(OCc9ccc(C=C)cc9)cc7)c7ccccc7-8)cc6)cc5)cc43)cc2)C=C1. The van der Waals surface area contributed by atoms with E-state index in [2.05, 4.69) is 369 Å². The van der Waals surface area contributed by atoms with Crippen molar-refractivity contribution in [2.75, 3.05) is 16.4 Å². The summed E-state index contributed by atoms with van der Waals surface area (Å²) in [6.07, 6.45) is 11.3. The fourth-order valence-electron chi connectivity index (χ4n) is 15.1. The molecule has 0 N–H and O–H groups in total. The molecule has 0 saturated heterocycles. The summed E-state index contributed by atoms with van der Waals surface area (Å²) >= 11 is 0. The molecule has 3 atom stereocenters. The van der Waals surface area contributed by atoms with Crippen molar-refractivity contribution in [1.82, 2.24) is 0 Å². The summed E-state index contributed by atoms with van der Waals surface area (Å²) in [7, 11) is 0. The van der Waals surface area contributed by atoms with Gasteiger partial charge in [0.15, 0.2) is 0 Å². The zero-order valence-corrected chi connectivity index (χ0v) is 53.4. The molecule has 0 fully saturated rings. The maximum absolute atomic E-state index is 6.49. The average molecular weight is 1240 g/mol. The molecule has 0 spiro atoms. The molecule has 13 aromatic carbocycles. The molecular weight excluding hydrogens is 1170 g/mol. The standard InChI is InChI=1S/C92H70N2O2/c1-3-65-33-37-67(38-34-65)63-95-81-55-45-73(46-56-81)91(71-21-9-5-10-22-71)87-31-19-17-29-83(87)85-59-53-79(61-89(85)91)93(75-25-13-7-14-26-75)77-49-41-69(42-50-77)70-43-51-78(52-44-70)94(76-27-15-8-16-28-76)80-54-60-86-84-30-18-20-32-88(84)92(90(86)62-80,72-23-11-6-12-24-72)74-47-57-82(58-48-74)96-64-68-39-35-66(4-2)36-40-68/h3-39,41-62,68H,1-2,40,63-64H2. The molecule has 16 rings (SSSR count). The highest BCUT2D eigenvalue weighted by Crippen LogP contribution is 2.59. The summed E-state index contributed by atoms with van der Waals surface area (Å²) in [5, 5.41) is 0. The molecule has 4 nitrogen and oxygen atoms in total. The summed E-state index contributed by atoms with van der Waals surface area (Å²) in [6.45, 7) is 8.94. The third-order valence-electron chi connectivity index (χ3n) is 19.7. The number of nitrogens with zero attached hydrogens (tertiary/aromatic N) is 2. The number of hydrogen-bond acceptors (Lipinski definition) is 4. The number of fused-ring (bicyclic) bond motifs is 6. The van der Waals surface area contributed by atoms with Gasteiger partial charge in [-0.3, -0.25) is 0 Å².